The van der Waals surface area contributed by atoms with E-state index in [1.807, 2.05) is 12.1 Å². The lowest BCUT2D eigenvalue weighted by molar-refractivity contribution is -0.402. The molecule has 1 aromatic carbocycles. The molecule has 5 rings (SSSR count). The molecular weight excluding hydrogens is 310 g/mol. The number of benzene rings is 1. The molecule has 122 valence electrons. The van der Waals surface area contributed by atoms with Crippen LogP contribution in [0.1, 0.15) is 44.1 Å². The van der Waals surface area contributed by atoms with Gasteiger partial charge in [-0.2, -0.15) is 0 Å². The number of rotatable bonds is 4. The summed E-state index contributed by atoms with van der Waals surface area (Å²) in [6, 6.07) is 8.26. The average molecular weight is 332 g/mol. The van der Waals surface area contributed by atoms with Crippen molar-refractivity contribution in [1.29, 1.82) is 0 Å². The molecule has 1 aromatic rings. The van der Waals surface area contributed by atoms with Crippen LogP contribution in [0.3, 0.4) is 0 Å². The van der Waals surface area contributed by atoms with Crippen molar-refractivity contribution < 1.29 is 4.92 Å². The van der Waals surface area contributed by atoms with E-state index in [1.54, 1.807) is 6.08 Å². The summed E-state index contributed by atoms with van der Waals surface area (Å²) in [4.78, 5) is 10.4. The Kier molecular flexibility index (Phi) is 3.72. The van der Waals surface area contributed by atoms with E-state index < -0.39 is 0 Å². The standard InChI is InChI=1S/C19H22ClNO2/c20-18-4-2-15(3-5-18)19(6-1-7-21(22)23)16-9-13-8-14(11-16)12-17(19)10-13/h1-5,7,13-14,16-17H,6,8-12H2. The number of nitro groups is 1. The number of hydrogen-bond acceptors (Lipinski definition) is 2. The summed E-state index contributed by atoms with van der Waals surface area (Å²) in [7, 11) is 0. The van der Waals surface area contributed by atoms with E-state index in [4.69, 9.17) is 11.6 Å². The van der Waals surface area contributed by atoms with Gasteiger partial charge in [0.1, 0.15) is 0 Å². The Labute approximate surface area is 141 Å². The minimum atomic E-state index is -0.342. The summed E-state index contributed by atoms with van der Waals surface area (Å²) in [6.45, 7) is 0. The van der Waals surface area contributed by atoms with Gasteiger partial charge < -0.3 is 0 Å². The van der Waals surface area contributed by atoms with Crippen LogP contribution in [0, 0.1) is 33.8 Å². The summed E-state index contributed by atoms with van der Waals surface area (Å²) < 4.78 is 0. The number of allylic oxidation sites excluding steroid dienone is 1. The molecule has 0 heterocycles. The molecule has 4 aliphatic rings. The predicted octanol–water partition coefficient (Wildman–Crippen LogP) is 5.21. The van der Waals surface area contributed by atoms with E-state index in [0.717, 1.165) is 29.5 Å². The highest BCUT2D eigenvalue weighted by atomic mass is 35.5. The summed E-state index contributed by atoms with van der Waals surface area (Å²) >= 11 is 6.09. The van der Waals surface area contributed by atoms with Gasteiger partial charge in [0.15, 0.2) is 0 Å². The predicted molar refractivity (Wildman–Crippen MR) is 90.9 cm³/mol. The summed E-state index contributed by atoms with van der Waals surface area (Å²) in [5.74, 6) is 3.10. The maximum absolute atomic E-state index is 10.7. The first-order valence-corrected chi connectivity index (χ1v) is 9.02. The fourth-order valence-electron chi connectivity index (χ4n) is 6.04. The van der Waals surface area contributed by atoms with Crippen molar-refractivity contribution in [3.63, 3.8) is 0 Å². The zero-order chi connectivity index (χ0) is 16.0. The Balaban J connectivity index is 1.74. The fraction of sp³-hybridized carbons (Fsp3) is 0.579. The first-order chi connectivity index (χ1) is 11.1. The van der Waals surface area contributed by atoms with Crippen LogP contribution in [-0.2, 0) is 5.41 Å². The van der Waals surface area contributed by atoms with Crippen LogP contribution in [0.5, 0.6) is 0 Å². The second kappa shape index (κ2) is 5.62. The van der Waals surface area contributed by atoms with Gasteiger partial charge in [0.25, 0.3) is 0 Å². The van der Waals surface area contributed by atoms with E-state index in [1.165, 1.54) is 37.7 Å². The largest absolute Gasteiger partial charge is 0.259 e. The van der Waals surface area contributed by atoms with Crippen LogP contribution >= 0.6 is 11.6 Å². The molecule has 0 saturated heterocycles. The Morgan fingerprint density at radius 1 is 1.09 bits per heavy atom. The molecule has 0 radical (unpaired) electrons. The zero-order valence-electron chi connectivity index (χ0n) is 13.2. The molecule has 23 heavy (non-hydrogen) atoms. The van der Waals surface area contributed by atoms with Gasteiger partial charge in [-0.1, -0.05) is 23.7 Å². The lowest BCUT2D eigenvalue weighted by Gasteiger charge is -2.61. The van der Waals surface area contributed by atoms with Crippen LogP contribution in [0.15, 0.2) is 36.5 Å². The van der Waals surface area contributed by atoms with Crippen molar-refractivity contribution in [3.05, 3.63) is 57.2 Å². The van der Waals surface area contributed by atoms with Gasteiger partial charge in [0.2, 0.25) is 6.20 Å². The molecule has 4 aliphatic carbocycles. The van der Waals surface area contributed by atoms with Crippen LogP contribution in [0.2, 0.25) is 5.02 Å². The third kappa shape index (κ3) is 2.50. The second-order valence-corrected chi connectivity index (χ2v) is 8.16. The van der Waals surface area contributed by atoms with Gasteiger partial charge in [-0.05, 0) is 86.0 Å². The van der Waals surface area contributed by atoms with Gasteiger partial charge in [0, 0.05) is 10.4 Å². The molecule has 0 spiro atoms. The molecule has 0 aromatic heterocycles. The van der Waals surface area contributed by atoms with Crippen LogP contribution in [-0.4, -0.2) is 4.92 Å². The Morgan fingerprint density at radius 3 is 2.17 bits per heavy atom. The molecule has 0 atom stereocenters. The highest BCUT2D eigenvalue weighted by molar-refractivity contribution is 6.30. The lowest BCUT2D eigenvalue weighted by atomic mass is 9.43. The van der Waals surface area contributed by atoms with Gasteiger partial charge in [0.05, 0.1) is 4.92 Å². The maximum Gasteiger partial charge on any atom is 0.230 e. The van der Waals surface area contributed by atoms with Crippen molar-refractivity contribution in [3.8, 4) is 0 Å². The number of halogens is 1. The quantitative estimate of drug-likeness (QED) is 0.561. The first-order valence-electron chi connectivity index (χ1n) is 8.64. The topological polar surface area (TPSA) is 43.1 Å². The van der Waals surface area contributed by atoms with E-state index in [-0.39, 0.29) is 10.3 Å². The van der Waals surface area contributed by atoms with Crippen molar-refractivity contribution in [2.75, 3.05) is 0 Å². The van der Waals surface area contributed by atoms with Gasteiger partial charge >= 0.3 is 0 Å². The molecule has 4 heteroatoms. The molecule has 0 N–H and O–H groups in total. The van der Waals surface area contributed by atoms with Crippen LogP contribution < -0.4 is 0 Å². The minimum absolute atomic E-state index is 0.0739. The SMILES string of the molecule is O=[N+]([O-])C=CCC1(c2ccc(Cl)cc2)C2CC3CC(C2)CC1C3. The molecule has 4 saturated carbocycles. The van der Waals surface area contributed by atoms with Crippen LogP contribution in [0.25, 0.3) is 0 Å². The Hall–Kier alpha value is -1.35. The van der Waals surface area contributed by atoms with E-state index in [9.17, 15) is 10.1 Å². The summed E-state index contributed by atoms with van der Waals surface area (Å²) in [6.07, 6.45) is 10.3. The van der Waals surface area contributed by atoms with Crippen molar-refractivity contribution in [2.45, 2.75) is 43.9 Å². The van der Waals surface area contributed by atoms with Crippen LogP contribution in [0.4, 0.5) is 0 Å². The smallest absolute Gasteiger partial charge is 0.230 e. The highest BCUT2D eigenvalue weighted by Crippen LogP contribution is 2.64. The normalized spacial score (nSPS) is 38.3. The molecule has 3 nitrogen and oxygen atoms in total. The van der Waals surface area contributed by atoms with E-state index in [2.05, 4.69) is 12.1 Å². The van der Waals surface area contributed by atoms with Gasteiger partial charge in [-0.25, -0.2) is 0 Å². The molecule has 4 bridgehead atoms. The van der Waals surface area contributed by atoms with Crippen molar-refractivity contribution in [2.24, 2.45) is 23.7 Å². The average Bonchev–Trinajstić information content (AvgIpc) is 2.50. The van der Waals surface area contributed by atoms with Crippen molar-refractivity contribution in [1.82, 2.24) is 0 Å². The third-order valence-corrected chi connectivity index (χ3v) is 6.91. The summed E-state index contributed by atoms with van der Waals surface area (Å²) in [5, 5.41) is 11.5. The molecule has 0 unspecified atom stereocenters. The molecule has 0 aliphatic heterocycles. The lowest BCUT2D eigenvalue weighted by Crippen LogP contribution is -2.55. The molecule has 0 amide bonds. The van der Waals surface area contributed by atoms with E-state index >= 15 is 0 Å². The zero-order valence-corrected chi connectivity index (χ0v) is 13.9. The van der Waals surface area contributed by atoms with Gasteiger partial charge in [-0.3, -0.25) is 10.1 Å². The minimum Gasteiger partial charge on any atom is -0.259 e. The fourth-order valence-corrected chi connectivity index (χ4v) is 6.17. The Bertz CT molecular complexity index is 609. The van der Waals surface area contributed by atoms with Crippen molar-refractivity contribution >= 4 is 11.6 Å². The second-order valence-electron chi connectivity index (χ2n) is 7.73. The first kappa shape index (κ1) is 15.2. The van der Waals surface area contributed by atoms with E-state index in [0.29, 0.717) is 11.8 Å². The number of hydrogen-bond donors (Lipinski definition) is 0. The summed E-state index contributed by atoms with van der Waals surface area (Å²) in [5.41, 5.74) is 1.41. The third-order valence-electron chi connectivity index (χ3n) is 6.66. The molecule has 4 fully saturated rings. The maximum atomic E-state index is 10.7. The molecular formula is C19H22ClNO2. The Morgan fingerprint density at radius 2 is 1.65 bits per heavy atom. The monoisotopic (exact) mass is 331 g/mol. The highest BCUT2D eigenvalue weighted by Gasteiger charge is 2.57. The van der Waals surface area contributed by atoms with Gasteiger partial charge in [-0.15, -0.1) is 0 Å². The number of nitrogens with zero attached hydrogens (tertiary/aromatic N) is 1.